The van der Waals surface area contributed by atoms with Crippen LogP contribution in [0.2, 0.25) is 0 Å². The Morgan fingerprint density at radius 2 is 1.91 bits per heavy atom. The van der Waals surface area contributed by atoms with E-state index in [1.54, 1.807) is 14.2 Å². The summed E-state index contributed by atoms with van der Waals surface area (Å²) in [4.78, 5) is 21.4. The predicted molar refractivity (Wildman–Crippen MR) is 88.4 cm³/mol. The van der Waals surface area contributed by atoms with Crippen molar-refractivity contribution in [3.05, 3.63) is 0 Å². The number of nitrogens with one attached hydrogen (secondary N) is 1. The van der Waals surface area contributed by atoms with Crippen LogP contribution in [0.4, 0.5) is 0 Å². The van der Waals surface area contributed by atoms with E-state index in [-0.39, 0.29) is 17.9 Å². The second-order valence-electron chi connectivity index (χ2n) is 7.19. The van der Waals surface area contributed by atoms with Crippen LogP contribution >= 0.6 is 0 Å². The maximum Gasteiger partial charge on any atom is 0.225 e. The molecular weight excluding hydrogens is 282 g/mol. The number of methoxy groups -OCH3 is 2. The third kappa shape index (κ3) is 3.99. The lowest BCUT2D eigenvalue weighted by Crippen LogP contribution is -2.52. The first kappa shape index (κ1) is 18.5. The molecule has 6 nitrogen and oxygen atoms in total. The molecule has 22 heavy (non-hydrogen) atoms. The third-order valence-electron chi connectivity index (χ3n) is 3.64. The summed E-state index contributed by atoms with van der Waals surface area (Å²) in [5, 5.41) is 2.92. The lowest BCUT2D eigenvalue weighted by atomic mass is 9.93. The summed E-state index contributed by atoms with van der Waals surface area (Å²) in [5.41, 5.74) is -1.21. The fourth-order valence-corrected chi connectivity index (χ4v) is 2.18. The molecule has 1 aliphatic rings. The predicted octanol–water partition coefficient (Wildman–Crippen LogP) is 2.04. The van der Waals surface area contributed by atoms with Gasteiger partial charge in [-0.05, 0) is 12.8 Å². The van der Waals surface area contributed by atoms with Crippen LogP contribution in [-0.4, -0.2) is 50.0 Å². The molecule has 126 valence electrons. The van der Waals surface area contributed by atoms with Crippen molar-refractivity contribution in [2.24, 2.45) is 21.3 Å². The van der Waals surface area contributed by atoms with Gasteiger partial charge in [-0.15, -0.1) is 0 Å². The average molecular weight is 311 g/mol. The Morgan fingerprint density at radius 1 is 1.32 bits per heavy atom. The largest absolute Gasteiger partial charge is 0.483 e. The van der Waals surface area contributed by atoms with Crippen molar-refractivity contribution in [3.63, 3.8) is 0 Å². The van der Waals surface area contributed by atoms with Crippen molar-refractivity contribution in [2.45, 2.75) is 53.1 Å². The number of hydrogen-bond donors (Lipinski definition) is 1. The van der Waals surface area contributed by atoms with Crippen molar-refractivity contribution in [3.8, 4) is 0 Å². The van der Waals surface area contributed by atoms with Crippen molar-refractivity contribution < 1.29 is 14.3 Å². The van der Waals surface area contributed by atoms with E-state index in [1.807, 2.05) is 27.7 Å². The van der Waals surface area contributed by atoms with Gasteiger partial charge in [-0.2, -0.15) is 0 Å². The van der Waals surface area contributed by atoms with Gasteiger partial charge in [0.25, 0.3) is 0 Å². The van der Waals surface area contributed by atoms with E-state index >= 15 is 0 Å². The zero-order valence-electron chi connectivity index (χ0n) is 15.0. The quantitative estimate of drug-likeness (QED) is 0.867. The molecule has 0 bridgehead atoms. The first-order chi connectivity index (χ1) is 10.0. The molecule has 1 heterocycles. The summed E-state index contributed by atoms with van der Waals surface area (Å²) in [6, 6.07) is -0.161. The minimum absolute atomic E-state index is 0.0377. The first-order valence-electron chi connectivity index (χ1n) is 7.59. The van der Waals surface area contributed by atoms with E-state index in [4.69, 9.17) is 9.47 Å². The summed E-state index contributed by atoms with van der Waals surface area (Å²) >= 11 is 0. The smallest absolute Gasteiger partial charge is 0.225 e. The minimum Gasteiger partial charge on any atom is -0.483 e. The van der Waals surface area contributed by atoms with E-state index in [2.05, 4.69) is 29.1 Å². The molecule has 6 heteroatoms. The summed E-state index contributed by atoms with van der Waals surface area (Å²) in [6.07, 6.45) is 0. The molecule has 0 saturated carbocycles. The molecule has 2 atom stereocenters. The number of ether oxygens (including phenoxy) is 2. The molecule has 1 aliphatic heterocycles. The number of nitrogens with zero attached hydrogens (tertiary/aromatic N) is 2. The van der Waals surface area contributed by atoms with Crippen molar-refractivity contribution >= 4 is 17.7 Å². The van der Waals surface area contributed by atoms with Gasteiger partial charge in [-0.1, -0.05) is 34.6 Å². The van der Waals surface area contributed by atoms with Crippen LogP contribution in [-0.2, 0) is 14.3 Å². The Bertz CT molecular complexity index is 478. The molecule has 0 aliphatic carbocycles. The second-order valence-corrected chi connectivity index (χ2v) is 7.19. The van der Waals surface area contributed by atoms with Gasteiger partial charge in [-0.25, -0.2) is 9.98 Å². The lowest BCUT2D eigenvalue weighted by molar-refractivity contribution is -0.128. The molecule has 0 aromatic rings. The number of rotatable bonds is 3. The van der Waals surface area contributed by atoms with Gasteiger partial charge in [0.1, 0.15) is 6.04 Å². The summed E-state index contributed by atoms with van der Waals surface area (Å²) in [7, 11) is 3.17. The molecule has 0 unspecified atom stereocenters. The van der Waals surface area contributed by atoms with Crippen LogP contribution in [0.15, 0.2) is 9.98 Å². The summed E-state index contributed by atoms with van der Waals surface area (Å²) in [5.74, 6) is 1.30. The van der Waals surface area contributed by atoms with Crippen molar-refractivity contribution in [1.29, 1.82) is 0 Å². The fraction of sp³-hybridized carbons (Fsp3) is 0.812. The Labute approximate surface area is 133 Å². The fourth-order valence-electron chi connectivity index (χ4n) is 2.18. The number of carbonyl (C=O) groups is 1. The second kappa shape index (κ2) is 6.67. The van der Waals surface area contributed by atoms with E-state index in [1.165, 1.54) is 0 Å². The number of carbonyl (C=O) groups excluding carboxylic acids is 1. The Kier molecular flexibility index (Phi) is 5.59. The highest BCUT2D eigenvalue weighted by molar-refractivity contribution is 5.97. The van der Waals surface area contributed by atoms with E-state index in [9.17, 15) is 4.79 Å². The average Bonchev–Trinajstić information content (AvgIpc) is 2.42. The topological polar surface area (TPSA) is 72.3 Å². The lowest BCUT2D eigenvalue weighted by Gasteiger charge is -2.34. The van der Waals surface area contributed by atoms with Gasteiger partial charge in [0, 0.05) is 5.41 Å². The van der Waals surface area contributed by atoms with Crippen LogP contribution in [0.5, 0.6) is 0 Å². The maximum atomic E-state index is 12.1. The van der Waals surface area contributed by atoms with Crippen LogP contribution in [0.25, 0.3) is 0 Å². The zero-order valence-corrected chi connectivity index (χ0v) is 15.0. The highest BCUT2D eigenvalue weighted by Crippen LogP contribution is 2.24. The number of amides is 1. The third-order valence-corrected chi connectivity index (χ3v) is 3.64. The Balaban J connectivity index is 3.02. The molecule has 0 saturated heterocycles. The van der Waals surface area contributed by atoms with E-state index < -0.39 is 11.0 Å². The highest BCUT2D eigenvalue weighted by Gasteiger charge is 2.40. The zero-order chi connectivity index (χ0) is 17.1. The van der Waals surface area contributed by atoms with Crippen LogP contribution in [0.3, 0.4) is 0 Å². The van der Waals surface area contributed by atoms with Crippen LogP contribution in [0, 0.1) is 11.3 Å². The first-order valence-corrected chi connectivity index (χ1v) is 7.59. The minimum atomic E-state index is -0.758. The number of hydrogen-bond acceptors (Lipinski definition) is 5. The maximum absolute atomic E-state index is 12.1. The summed E-state index contributed by atoms with van der Waals surface area (Å²) < 4.78 is 10.8. The Hall–Kier alpha value is -1.59. The van der Waals surface area contributed by atoms with E-state index in [0.717, 1.165) is 0 Å². The molecule has 0 aromatic carbocycles. The van der Waals surface area contributed by atoms with Crippen molar-refractivity contribution in [1.82, 2.24) is 5.32 Å². The van der Waals surface area contributed by atoms with E-state index in [0.29, 0.717) is 18.3 Å². The summed E-state index contributed by atoms with van der Waals surface area (Å²) in [6.45, 7) is 11.9. The van der Waals surface area contributed by atoms with Gasteiger partial charge >= 0.3 is 0 Å². The SMILES string of the molecule is COC1=N[C@](C)(CNC(=O)C(C)(C)C)C(OC)=N[C@H]1C(C)C. The molecule has 1 N–H and O–H groups in total. The molecule has 1 rings (SSSR count). The number of aliphatic imine (C=N–C) groups is 2. The monoisotopic (exact) mass is 311 g/mol. The molecule has 0 fully saturated rings. The van der Waals surface area contributed by atoms with Crippen LogP contribution in [0.1, 0.15) is 41.5 Å². The highest BCUT2D eigenvalue weighted by atomic mass is 16.5. The van der Waals surface area contributed by atoms with Gasteiger partial charge in [0.05, 0.1) is 20.8 Å². The molecule has 0 spiro atoms. The molecule has 0 radical (unpaired) electrons. The molecular formula is C16H29N3O3. The van der Waals surface area contributed by atoms with Gasteiger partial charge in [0.15, 0.2) is 5.54 Å². The van der Waals surface area contributed by atoms with Gasteiger partial charge < -0.3 is 14.8 Å². The molecule has 0 aromatic heterocycles. The Morgan fingerprint density at radius 3 is 2.32 bits per heavy atom. The standard InChI is InChI=1S/C16H29N3O3/c1-10(2)11-12(21-7)19-16(6,14(18-11)22-8)9-17-13(20)15(3,4)5/h10-11H,9H2,1-8H3,(H,17,20)/t11-,16+/m0/s1. The van der Waals surface area contributed by atoms with Crippen LogP contribution < -0.4 is 5.32 Å². The van der Waals surface area contributed by atoms with Gasteiger partial charge in [-0.3, -0.25) is 4.79 Å². The van der Waals surface area contributed by atoms with Crippen molar-refractivity contribution in [2.75, 3.05) is 20.8 Å². The normalized spacial score (nSPS) is 25.4. The molecule has 1 amide bonds. The van der Waals surface area contributed by atoms with Gasteiger partial charge in [0.2, 0.25) is 17.7 Å².